The summed E-state index contributed by atoms with van der Waals surface area (Å²) < 4.78 is 3.06. The highest BCUT2D eigenvalue weighted by Gasteiger charge is 2.28. The molecule has 17 heavy (non-hydrogen) atoms. The van der Waals surface area contributed by atoms with Gasteiger partial charge in [0.15, 0.2) is 0 Å². The van der Waals surface area contributed by atoms with Crippen molar-refractivity contribution in [3.05, 3.63) is 40.9 Å². The van der Waals surface area contributed by atoms with Gasteiger partial charge in [-0.1, -0.05) is 0 Å². The molecule has 1 saturated heterocycles. The maximum Gasteiger partial charge on any atom is 0.0773 e. The van der Waals surface area contributed by atoms with Crippen LogP contribution in [-0.2, 0) is 6.54 Å². The first-order chi connectivity index (χ1) is 8.31. The number of nitrogens with zero attached hydrogens (tertiary/aromatic N) is 5. The molecule has 6 heteroatoms. The van der Waals surface area contributed by atoms with Gasteiger partial charge in [0.05, 0.1) is 22.9 Å². The van der Waals surface area contributed by atoms with Crippen LogP contribution in [0.3, 0.4) is 0 Å². The van der Waals surface area contributed by atoms with Gasteiger partial charge in [-0.3, -0.25) is 9.58 Å². The summed E-state index contributed by atoms with van der Waals surface area (Å²) in [6.07, 6.45) is 7.40. The average Bonchev–Trinajstić information content (AvgIpc) is 2.71. The number of aromatic nitrogens is 4. The Kier molecular flexibility index (Phi) is 2.90. The van der Waals surface area contributed by atoms with Gasteiger partial charge in [0.2, 0.25) is 0 Å². The number of likely N-dealkylation sites (tertiary alicyclic amines) is 1. The molecule has 3 rings (SSSR count). The molecule has 0 radical (unpaired) electrons. The Morgan fingerprint density at radius 1 is 1.29 bits per heavy atom. The predicted octanol–water partition coefficient (Wildman–Crippen LogP) is 1.49. The average molecular weight is 294 g/mol. The largest absolute Gasteiger partial charge is 0.295 e. The minimum Gasteiger partial charge on any atom is -0.295 e. The molecule has 0 aliphatic carbocycles. The quantitative estimate of drug-likeness (QED) is 0.860. The first kappa shape index (κ1) is 10.9. The van der Waals surface area contributed by atoms with Crippen molar-refractivity contribution in [3.8, 4) is 0 Å². The van der Waals surface area contributed by atoms with Gasteiger partial charge in [-0.05, 0) is 27.6 Å². The molecule has 88 valence electrons. The molecule has 0 bridgehead atoms. The minimum absolute atomic E-state index is 0.496. The van der Waals surface area contributed by atoms with Crippen LogP contribution in [0.1, 0.15) is 11.6 Å². The van der Waals surface area contributed by atoms with E-state index in [-0.39, 0.29) is 0 Å². The van der Waals surface area contributed by atoms with E-state index >= 15 is 0 Å². The van der Waals surface area contributed by atoms with Crippen LogP contribution in [0, 0.1) is 0 Å². The van der Waals surface area contributed by atoms with Crippen LogP contribution in [0.4, 0.5) is 0 Å². The fourth-order valence-electron chi connectivity index (χ4n) is 2.02. The summed E-state index contributed by atoms with van der Waals surface area (Å²) in [6.45, 7) is 3.02. The van der Waals surface area contributed by atoms with E-state index in [0.29, 0.717) is 6.04 Å². The molecule has 0 amide bonds. The Balaban J connectivity index is 1.55. The fraction of sp³-hybridized carbons (Fsp3) is 0.364. The molecule has 1 aliphatic heterocycles. The number of hydrogen-bond acceptors (Lipinski definition) is 4. The van der Waals surface area contributed by atoms with Crippen molar-refractivity contribution >= 4 is 15.9 Å². The first-order valence-electron chi connectivity index (χ1n) is 5.49. The van der Waals surface area contributed by atoms with Crippen molar-refractivity contribution in [2.75, 3.05) is 13.1 Å². The SMILES string of the molecule is Brc1cnn(C2CN(Cc3ccnnc3)C2)c1. The van der Waals surface area contributed by atoms with Gasteiger partial charge in [-0.15, -0.1) is 0 Å². The highest BCUT2D eigenvalue weighted by atomic mass is 79.9. The van der Waals surface area contributed by atoms with Crippen molar-refractivity contribution in [3.63, 3.8) is 0 Å². The van der Waals surface area contributed by atoms with Crippen LogP contribution in [0.25, 0.3) is 0 Å². The van der Waals surface area contributed by atoms with E-state index < -0.39 is 0 Å². The normalized spacial score (nSPS) is 17.0. The van der Waals surface area contributed by atoms with Gasteiger partial charge in [0.1, 0.15) is 0 Å². The zero-order valence-corrected chi connectivity index (χ0v) is 10.8. The summed E-state index contributed by atoms with van der Waals surface area (Å²) in [7, 11) is 0. The molecule has 0 saturated carbocycles. The van der Waals surface area contributed by atoms with Crippen LogP contribution >= 0.6 is 15.9 Å². The predicted molar refractivity (Wildman–Crippen MR) is 66.3 cm³/mol. The zero-order chi connectivity index (χ0) is 11.7. The van der Waals surface area contributed by atoms with E-state index in [0.717, 1.165) is 24.1 Å². The van der Waals surface area contributed by atoms with Crippen LogP contribution < -0.4 is 0 Å². The third-order valence-corrected chi connectivity index (χ3v) is 3.34. The van der Waals surface area contributed by atoms with E-state index in [1.165, 1.54) is 5.56 Å². The van der Waals surface area contributed by atoms with Crippen molar-refractivity contribution < 1.29 is 0 Å². The van der Waals surface area contributed by atoms with E-state index in [1.54, 1.807) is 6.20 Å². The van der Waals surface area contributed by atoms with E-state index in [1.807, 2.05) is 29.3 Å². The van der Waals surface area contributed by atoms with Crippen molar-refractivity contribution in [2.45, 2.75) is 12.6 Å². The van der Waals surface area contributed by atoms with Crippen molar-refractivity contribution in [1.82, 2.24) is 24.9 Å². The topological polar surface area (TPSA) is 46.8 Å². The Hall–Kier alpha value is -1.27. The molecule has 1 fully saturated rings. The second kappa shape index (κ2) is 4.54. The summed E-state index contributed by atoms with van der Waals surface area (Å²) in [6, 6.07) is 2.50. The minimum atomic E-state index is 0.496. The Labute approximate surface area is 108 Å². The van der Waals surface area contributed by atoms with Crippen molar-refractivity contribution in [2.24, 2.45) is 0 Å². The van der Waals surface area contributed by atoms with Crippen LogP contribution in [-0.4, -0.2) is 38.0 Å². The summed E-state index contributed by atoms with van der Waals surface area (Å²) in [5.74, 6) is 0. The summed E-state index contributed by atoms with van der Waals surface area (Å²) in [4.78, 5) is 2.37. The van der Waals surface area contributed by atoms with Crippen LogP contribution in [0.15, 0.2) is 35.3 Å². The highest BCUT2D eigenvalue weighted by molar-refractivity contribution is 9.10. The lowest BCUT2D eigenvalue weighted by molar-refractivity contribution is 0.0907. The third-order valence-electron chi connectivity index (χ3n) is 2.93. The molecule has 0 spiro atoms. The summed E-state index contributed by atoms with van der Waals surface area (Å²) in [5.41, 5.74) is 1.21. The first-order valence-corrected chi connectivity index (χ1v) is 6.28. The van der Waals surface area contributed by atoms with Gasteiger partial charge in [-0.25, -0.2) is 0 Å². The maximum atomic E-state index is 4.30. The molecule has 5 nitrogen and oxygen atoms in total. The fourth-order valence-corrected chi connectivity index (χ4v) is 2.32. The van der Waals surface area contributed by atoms with Crippen molar-refractivity contribution in [1.29, 1.82) is 0 Å². The van der Waals surface area contributed by atoms with Gasteiger partial charge in [0, 0.05) is 32.0 Å². The summed E-state index contributed by atoms with van der Waals surface area (Å²) in [5, 5.41) is 12.0. The van der Waals surface area contributed by atoms with Crippen LogP contribution in [0.5, 0.6) is 0 Å². The molecule has 2 aromatic heterocycles. The maximum absolute atomic E-state index is 4.30. The van der Waals surface area contributed by atoms with Gasteiger partial charge in [-0.2, -0.15) is 15.3 Å². The standard InChI is InChI=1S/C11H12BrN5/c12-10-4-15-17(6-10)11-7-16(8-11)5-9-1-2-13-14-3-9/h1-4,6,11H,5,7-8H2. The molecule has 0 N–H and O–H groups in total. The monoisotopic (exact) mass is 293 g/mol. The molecular weight excluding hydrogens is 282 g/mol. The molecule has 0 unspecified atom stereocenters. The zero-order valence-electron chi connectivity index (χ0n) is 9.20. The van der Waals surface area contributed by atoms with Gasteiger partial charge < -0.3 is 0 Å². The van der Waals surface area contributed by atoms with Gasteiger partial charge in [0.25, 0.3) is 0 Å². The Morgan fingerprint density at radius 2 is 2.18 bits per heavy atom. The second-order valence-electron chi connectivity index (χ2n) is 4.24. The second-order valence-corrected chi connectivity index (χ2v) is 5.15. The van der Waals surface area contributed by atoms with Crippen LogP contribution in [0.2, 0.25) is 0 Å². The molecule has 2 aromatic rings. The molecule has 0 aromatic carbocycles. The Morgan fingerprint density at radius 3 is 2.82 bits per heavy atom. The molecule has 1 aliphatic rings. The lowest BCUT2D eigenvalue weighted by Crippen LogP contribution is -2.47. The third kappa shape index (κ3) is 2.37. The highest BCUT2D eigenvalue weighted by Crippen LogP contribution is 2.23. The number of rotatable bonds is 3. The summed E-state index contributed by atoms with van der Waals surface area (Å²) >= 11 is 3.41. The Bertz CT molecular complexity index is 492. The molecule has 0 atom stereocenters. The molecular formula is C11H12BrN5. The smallest absolute Gasteiger partial charge is 0.0773 e. The van der Waals surface area contributed by atoms with E-state index in [2.05, 4.69) is 36.1 Å². The molecule has 3 heterocycles. The van der Waals surface area contributed by atoms with Gasteiger partial charge >= 0.3 is 0 Å². The lowest BCUT2D eigenvalue weighted by atomic mass is 10.1. The van der Waals surface area contributed by atoms with E-state index in [9.17, 15) is 0 Å². The van der Waals surface area contributed by atoms with E-state index in [4.69, 9.17) is 0 Å². The lowest BCUT2D eigenvalue weighted by Gasteiger charge is -2.39. The number of hydrogen-bond donors (Lipinski definition) is 0. The number of halogens is 1.